The number of aryl methyl sites for hydroxylation is 1. The van der Waals surface area contributed by atoms with Gasteiger partial charge in [-0.25, -0.2) is 4.98 Å². The molecule has 5 heteroatoms. The van der Waals surface area contributed by atoms with E-state index < -0.39 is 0 Å². The Kier molecular flexibility index (Phi) is 3.54. The summed E-state index contributed by atoms with van der Waals surface area (Å²) in [5.41, 5.74) is 7.35. The predicted molar refractivity (Wildman–Crippen MR) is 72.6 cm³/mol. The van der Waals surface area contributed by atoms with E-state index in [4.69, 9.17) is 22.1 Å². The summed E-state index contributed by atoms with van der Waals surface area (Å²) in [5, 5.41) is 0.634. The van der Waals surface area contributed by atoms with E-state index in [0.717, 1.165) is 10.0 Å². The SMILES string of the molecule is Cc1ccnc(Oc2ccc(Cl)cc2Br)c1N. The summed E-state index contributed by atoms with van der Waals surface area (Å²) in [6, 6.07) is 7.09. The zero-order valence-electron chi connectivity index (χ0n) is 9.08. The first-order valence-electron chi connectivity index (χ1n) is 4.92. The monoisotopic (exact) mass is 312 g/mol. The molecule has 0 aliphatic rings. The molecule has 0 unspecified atom stereocenters. The van der Waals surface area contributed by atoms with E-state index in [1.807, 2.05) is 13.0 Å². The zero-order valence-corrected chi connectivity index (χ0v) is 11.4. The summed E-state index contributed by atoms with van der Waals surface area (Å²) in [5.74, 6) is 1.02. The van der Waals surface area contributed by atoms with Crippen molar-refractivity contribution in [3.63, 3.8) is 0 Å². The number of nitrogens with zero attached hydrogens (tertiary/aromatic N) is 1. The third-order valence-corrected chi connectivity index (χ3v) is 3.13. The normalized spacial score (nSPS) is 10.3. The maximum Gasteiger partial charge on any atom is 0.242 e. The molecular formula is C12H10BrClN2O. The highest BCUT2D eigenvalue weighted by Crippen LogP contribution is 2.33. The van der Waals surface area contributed by atoms with Crippen molar-refractivity contribution in [2.45, 2.75) is 6.92 Å². The number of pyridine rings is 1. The summed E-state index contributed by atoms with van der Waals surface area (Å²) in [6.45, 7) is 1.90. The van der Waals surface area contributed by atoms with Gasteiger partial charge in [-0.05, 0) is 52.7 Å². The highest BCUT2D eigenvalue weighted by Gasteiger charge is 2.08. The summed E-state index contributed by atoms with van der Waals surface area (Å²) in [6.07, 6.45) is 1.66. The molecule has 0 saturated carbocycles. The van der Waals surface area contributed by atoms with Gasteiger partial charge in [0.2, 0.25) is 5.88 Å². The summed E-state index contributed by atoms with van der Waals surface area (Å²) >= 11 is 9.22. The van der Waals surface area contributed by atoms with Crippen molar-refractivity contribution in [2.24, 2.45) is 0 Å². The minimum atomic E-state index is 0.396. The Labute approximate surface area is 113 Å². The fourth-order valence-corrected chi connectivity index (χ4v) is 2.05. The average molecular weight is 314 g/mol. The predicted octanol–water partition coefficient (Wildman–Crippen LogP) is 4.18. The second-order valence-corrected chi connectivity index (χ2v) is 4.81. The van der Waals surface area contributed by atoms with Crippen molar-refractivity contribution >= 4 is 33.2 Å². The number of halogens is 2. The smallest absolute Gasteiger partial charge is 0.242 e. The first kappa shape index (κ1) is 12.2. The van der Waals surface area contributed by atoms with Crippen molar-refractivity contribution in [3.05, 3.63) is 45.5 Å². The molecule has 0 amide bonds. The maximum absolute atomic E-state index is 5.88. The fourth-order valence-electron chi connectivity index (χ4n) is 1.29. The number of ether oxygens (including phenoxy) is 1. The lowest BCUT2D eigenvalue weighted by molar-refractivity contribution is 0.462. The number of nitrogens with two attached hydrogens (primary N) is 1. The van der Waals surface area contributed by atoms with E-state index in [0.29, 0.717) is 22.3 Å². The molecule has 0 bridgehead atoms. The van der Waals surface area contributed by atoms with Crippen LogP contribution in [0.1, 0.15) is 5.56 Å². The van der Waals surface area contributed by atoms with E-state index in [1.165, 1.54) is 0 Å². The highest BCUT2D eigenvalue weighted by molar-refractivity contribution is 9.10. The number of aromatic nitrogens is 1. The van der Waals surface area contributed by atoms with Crippen LogP contribution >= 0.6 is 27.5 Å². The molecule has 2 N–H and O–H groups in total. The molecule has 0 fully saturated rings. The van der Waals surface area contributed by atoms with Crippen LogP contribution in [0.4, 0.5) is 5.69 Å². The molecule has 88 valence electrons. The number of anilines is 1. The molecule has 0 radical (unpaired) electrons. The topological polar surface area (TPSA) is 48.1 Å². The van der Waals surface area contributed by atoms with E-state index in [-0.39, 0.29) is 0 Å². The van der Waals surface area contributed by atoms with Gasteiger partial charge < -0.3 is 10.5 Å². The molecule has 0 saturated heterocycles. The molecule has 17 heavy (non-hydrogen) atoms. The van der Waals surface area contributed by atoms with E-state index in [1.54, 1.807) is 24.4 Å². The Bertz CT molecular complexity index is 560. The Morgan fingerprint density at radius 2 is 2.12 bits per heavy atom. The minimum absolute atomic E-state index is 0.396. The van der Waals surface area contributed by atoms with Crippen LogP contribution in [-0.4, -0.2) is 4.98 Å². The second kappa shape index (κ2) is 4.94. The van der Waals surface area contributed by atoms with Crippen molar-refractivity contribution in [3.8, 4) is 11.6 Å². The number of hydrogen-bond donors (Lipinski definition) is 1. The summed E-state index contributed by atoms with van der Waals surface area (Å²) < 4.78 is 6.39. The van der Waals surface area contributed by atoms with Crippen LogP contribution in [0, 0.1) is 6.92 Å². The van der Waals surface area contributed by atoms with Gasteiger partial charge in [0.05, 0.1) is 10.2 Å². The average Bonchev–Trinajstić information content (AvgIpc) is 2.28. The van der Waals surface area contributed by atoms with Crippen LogP contribution < -0.4 is 10.5 Å². The van der Waals surface area contributed by atoms with Crippen LogP contribution in [-0.2, 0) is 0 Å². The first-order chi connectivity index (χ1) is 8.08. The molecule has 2 aromatic rings. The lowest BCUT2D eigenvalue weighted by Crippen LogP contribution is -1.97. The van der Waals surface area contributed by atoms with Crippen LogP contribution in [0.3, 0.4) is 0 Å². The number of hydrogen-bond acceptors (Lipinski definition) is 3. The Morgan fingerprint density at radius 3 is 2.82 bits per heavy atom. The van der Waals surface area contributed by atoms with E-state index in [9.17, 15) is 0 Å². The summed E-state index contributed by atoms with van der Waals surface area (Å²) in [4.78, 5) is 4.10. The van der Waals surface area contributed by atoms with Gasteiger partial charge in [-0.15, -0.1) is 0 Å². The highest BCUT2D eigenvalue weighted by atomic mass is 79.9. The molecule has 1 aromatic carbocycles. The molecule has 0 aliphatic carbocycles. The fraction of sp³-hybridized carbons (Fsp3) is 0.0833. The Hall–Kier alpha value is -1.26. The van der Waals surface area contributed by atoms with Crippen molar-refractivity contribution < 1.29 is 4.74 Å². The van der Waals surface area contributed by atoms with Gasteiger partial charge in [0, 0.05) is 11.2 Å². The quantitative estimate of drug-likeness (QED) is 0.904. The van der Waals surface area contributed by atoms with Crippen LogP contribution in [0.5, 0.6) is 11.6 Å². The molecule has 0 atom stereocenters. The minimum Gasteiger partial charge on any atom is -0.436 e. The van der Waals surface area contributed by atoms with Gasteiger partial charge in [-0.1, -0.05) is 11.6 Å². The first-order valence-corrected chi connectivity index (χ1v) is 6.09. The molecule has 0 spiro atoms. The molecule has 3 nitrogen and oxygen atoms in total. The van der Waals surface area contributed by atoms with Gasteiger partial charge >= 0.3 is 0 Å². The van der Waals surface area contributed by atoms with Gasteiger partial charge in [0.15, 0.2) is 0 Å². The lowest BCUT2D eigenvalue weighted by atomic mass is 10.2. The van der Waals surface area contributed by atoms with Crippen LogP contribution in [0.2, 0.25) is 5.02 Å². The van der Waals surface area contributed by atoms with Gasteiger partial charge in [0.25, 0.3) is 0 Å². The zero-order chi connectivity index (χ0) is 12.4. The van der Waals surface area contributed by atoms with E-state index in [2.05, 4.69) is 20.9 Å². The van der Waals surface area contributed by atoms with Crippen LogP contribution in [0.15, 0.2) is 34.9 Å². The number of benzene rings is 1. The molecule has 0 aliphatic heterocycles. The van der Waals surface area contributed by atoms with Gasteiger partial charge in [-0.2, -0.15) is 0 Å². The van der Waals surface area contributed by atoms with Gasteiger partial charge in [0.1, 0.15) is 5.75 Å². The maximum atomic E-state index is 5.88. The third kappa shape index (κ3) is 2.70. The van der Waals surface area contributed by atoms with Crippen molar-refractivity contribution in [1.82, 2.24) is 4.98 Å². The van der Waals surface area contributed by atoms with Gasteiger partial charge in [-0.3, -0.25) is 0 Å². The molecule has 1 heterocycles. The Morgan fingerprint density at radius 1 is 1.35 bits per heavy atom. The summed E-state index contributed by atoms with van der Waals surface area (Å²) in [7, 11) is 0. The van der Waals surface area contributed by atoms with Crippen molar-refractivity contribution in [1.29, 1.82) is 0 Å². The second-order valence-electron chi connectivity index (χ2n) is 3.52. The van der Waals surface area contributed by atoms with E-state index >= 15 is 0 Å². The standard InChI is InChI=1S/C12H10BrClN2O/c1-7-4-5-16-12(11(7)15)17-10-3-2-8(14)6-9(10)13/h2-6H,15H2,1H3. The number of rotatable bonds is 2. The lowest BCUT2D eigenvalue weighted by Gasteiger charge is -2.10. The largest absolute Gasteiger partial charge is 0.436 e. The Balaban J connectivity index is 2.35. The third-order valence-electron chi connectivity index (χ3n) is 2.27. The molecule has 2 rings (SSSR count). The number of nitrogen functional groups attached to an aromatic ring is 1. The van der Waals surface area contributed by atoms with Crippen LogP contribution in [0.25, 0.3) is 0 Å². The molecule has 1 aromatic heterocycles. The molecular weight excluding hydrogens is 304 g/mol. The van der Waals surface area contributed by atoms with Crippen molar-refractivity contribution in [2.75, 3.05) is 5.73 Å².